The number of carbonyl (C=O) groups is 4. The Kier molecular flexibility index (Phi) is 9.57. The molecule has 2 aromatic carbocycles. The molecule has 4 amide bonds. The summed E-state index contributed by atoms with van der Waals surface area (Å²) < 4.78 is 11.9. The van der Waals surface area contributed by atoms with E-state index in [1.807, 2.05) is 26.0 Å². The molecule has 2 fully saturated rings. The number of nitrogens with zero attached hydrogens (tertiary/aromatic N) is 2. The molecule has 0 bridgehead atoms. The van der Waals surface area contributed by atoms with Gasteiger partial charge < -0.3 is 19.7 Å². The van der Waals surface area contributed by atoms with E-state index in [9.17, 15) is 19.2 Å². The van der Waals surface area contributed by atoms with Crippen LogP contribution in [0.2, 0.25) is 0 Å². The van der Waals surface area contributed by atoms with Crippen molar-refractivity contribution in [3.63, 3.8) is 0 Å². The van der Waals surface area contributed by atoms with E-state index in [1.54, 1.807) is 29.2 Å². The zero-order valence-corrected chi connectivity index (χ0v) is 25.3. The van der Waals surface area contributed by atoms with E-state index >= 15 is 0 Å². The highest BCUT2D eigenvalue weighted by Crippen LogP contribution is 2.35. The molecule has 4 rings (SSSR count). The predicted octanol–water partition coefficient (Wildman–Crippen LogP) is 5.39. The number of rotatable bonds is 8. The van der Waals surface area contributed by atoms with E-state index in [-0.39, 0.29) is 29.9 Å². The SMILES string of the molecule is COc1cc(/C=C2/SC(=O)N(CC(=O)N3CCC(C)CC3)C2=O)ccc1OCC(=O)Nc1cc(C)c(C)cc1Br. The molecule has 0 aromatic heterocycles. The van der Waals surface area contributed by atoms with Crippen LogP contribution in [-0.4, -0.2) is 66.1 Å². The smallest absolute Gasteiger partial charge is 0.294 e. The van der Waals surface area contributed by atoms with Gasteiger partial charge in [0, 0.05) is 17.6 Å². The zero-order valence-electron chi connectivity index (χ0n) is 22.9. The Morgan fingerprint density at radius 1 is 1.10 bits per heavy atom. The summed E-state index contributed by atoms with van der Waals surface area (Å²) in [5.74, 6) is 0.235. The van der Waals surface area contributed by atoms with Crippen LogP contribution in [-0.2, 0) is 14.4 Å². The highest BCUT2D eigenvalue weighted by Gasteiger charge is 2.37. The van der Waals surface area contributed by atoms with Crippen LogP contribution < -0.4 is 14.8 Å². The topological polar surface area (TPSA) is 105 Å². The van der Waals surface area contributed by atoms with E-state index in [4.69, 9.17) is 9.47 Å². The van der Waals surface area contributed by atoms with Gasteiger partial charge in [-0.15, -0.1) is 0 Å². The van der Waals surface area contributed by atoms with Crippen LogP contribution in [0.4, 0.5) is 10.5 Å². The number of thioether (sulfide) groups is 1. The summed E-state index contributed by atoms with van der Waals surface area (Å²) in [4.78, 5) is 53.6. The van der Waals surface area contributed by atoms with Crippen molar-refractivity contribution < 1.29 is 28.7 Å². The molecule has 1 N–H and O–H groups in total. The van der Waals surface area contributed by atoms with Gasteiger partial charge in [0.25, 0.3) is 17.1 Å². The summed E-state index contributed by atoms with van der Waals surface area (Å²) in [6.45, 7) is 6.91. The van der Waals surface area contributed by atoms with E-state index in [1.165, 1.54) is 7.11 Å². The lowest BCUT2D eigenvalue weighted by atomic mass is 9.99. The second-order valence-electron chi connectivity index (χ2n) is 9.99. The fraction of sp³-hybridized carbons (Fsp3) is 0.379. The van der Waals surface area contributed by atoms with Crippen LogP contribution in [0.1, 0.15) is 36.5 Å². The van der Waals surface area contributed by atoms with Crippen molar-refractivity contribution >= 4 is 62.4 Å². The molecule has 2 saturated heterocycles. The minimum Gasteiger partial charge on any atom is -0.493 e. The maximum absolute atomic E-state index is 12.9. The van der Waals surface area contributed by atoms with E-state index in [0.717, 1.165) is 45.1 Å². The molecule has 2 aromatic rings. The van der Waals surface area contributed by atoms with Crippen LogP contribution in [0, 0.1) is 19.8 Å². The first kappa shape index (κ1) is 29.7. The molecule has 40 heavy (non-hydrogen) atoms. The summed E-state index contributed by atoms with van der Waals surface area (Å²) in [5.41, 5.74) is 3.42. The van der Waals surface area contributed by atoms with Gasteiger partial charge in [0.05, 0.1) is 17.7 Å². The van der Waals surface area contributed by atoms with Crippen molar-refractivity contribution in [3.8, 4) is 11.5 Å². The van der Waals surface area contributed by atoms with Crippen LogP contribution in [0.5, 0.6) is 11.5 Å². The van der Waals surface area contributed by atoms with E-state index < -0.39 is 11.1 Å². The molecule has 9 nitrogen and oxygen atoms in total. The summed E-state index contributed by atoms with van der Waals surface area (Å²) in [6, 6.07) is 8.81. The van der Waals surface area contributed by atoms with Crippen molar-refractivity contribution in [2.45, 2.75) is 33.6 Å². The second kappa shape index (κ2) is 12.9. The first-order chi connectivity index (χ1) is 19.0. The lowest BCUT2D eigenvalue weighted by Gasteiger charge is -2.31. The Labute approximate surface area is 246 Å². The third kappa shape index (κ3) is 7.06. The minimum atomic E-state index is -0.498. The standard InChI is InChI=1S/C29H32BrN3O6S/c1-17-7-9-32(10-8-17)27(35)15-33-28(36)25(40-29(33)37)14-20-5-6-23(24(13-20)38-4)39-16-26(34)31-22-12-19(3)18(2)11-21(22)30/h5-6,11-14,17H,7-10,15-16H2,1-4H3,(H,31,34)/b25-14+. The third-order valence-electron chi connectivity index (χ3n) is 7.00. The fourth-order valence-corrected chi connectivity index (χ4v) is 5.78. The molecule has 0 radical (unpaired) electrons. The zero-order chi connectivity index (χ0) is 29.0. The number of aryl methyl sites for hydroxylation is 2. The number of imide groups is 1. The number of piperidine rings is 1. The molecule has 0 unspecified atom stereocenters. The molecule has 2 aliphatic heterocycles. The largest absolute Gasteiger partial charge is 0.493 e. The predicted molar refractivity (Wildman–Crippen MR) is 158 cm³/mol. The molecule has 0 aliphatic carbocycles. The van der Waals surface area contributed by atoms with Gasteiger partial charge in [0.1, 0.15) is 6.54 Å². The van der Waals surface area contributed by atoms with E-state index in [2.05, 4.69) is 28.2 Å². The molecule has 0 spiro atoms. The van der Waals surface area contributed by atoms with Gasteiger partial charge in [-0.2, -0.15) is 0 Å². The Hall–Kier alpha value is -3.31. The number of likely N-dealkylation sites (tertiary alicyclic amines) is 1. The monoisotopic (exact) mass is 629 g/mol. The number of hydrogen-bond acceptors (Lipinski definition) is 7. The molecule has 212 valence electrons. The van der Waals surface area contributed by atoms with Gasteiger partial charge in [-0.05, 0) is 107 Å². The van der Waals surface area contributed by atoms with Gasteiger partial charge >= 0.3 is 0 Å². The molecular formula is C29H32BrN3O6S. The van der Waals surface area contributed by atoms with Crippen LogP contribution >= 0.6 is 27.7 Å². The summed E-state index contributed by atoms with van der Waals surface area (Å²) in [6.07, 6.45) is 3.42. The average molecular weight is 631 g/mol. The summed E-state index contributed by atoms with van der Waals surface area (Å²) in [5, 5.41) is 2.36. The number of methoxy groups -OCH3 is 1. The summed E-state index contributed by atoms with van der Waals surface area (Å²) >= 11 is 4.27. The Bertz CT molecular complexity index is 1370. The fourth-order valence-electron chi connectivity index (χ4n) is 4.38. The average Bonchev–Trinajstić information content (AvgIpc) is 3.18. The van der Waals surface area contributed by atoms with Crippen molar-refractivity contribution in [1.29, 1.82) is 0 Å². The Balaban J connectivity index is 1.38. The second-order valence-corrected chi connectivity index (χ2v) is 11.8. The molecule has 2 heterocycles. The van der Waals surface area contributed by atoms with Crippen molar-refractivity contribution in [1.82, 2.24) is 9.80 Å². The van der Waals surface area contributed by atoms with Crippen molar-refractivity contribution in [2.75, 3.05) is 38.7 Å². The molecule has 0 saturated carbocycles. The van der Waals surface area contributed by atoms with E-state index in [0.29, 0.717) is 41.8 Å². The normalized spacial score (nSPS) is 17.0. The number of benzene rings is 2. The van der Waals surface area contributed by atoms with Gasteiger partial charge in [-0.25, -0.2) is 0 Å². The van der Waals surface area contributed by atoms with Crippen LogP contribution in [0.3, 0.4) is 0 Å². The van der Waals surface area contributed by atoms with Crippen LogP contribution in [0.25, 0.3) is 6.08 Å². The maximum Gasteiger partial charge on any atom is 0.294 e. The molecular weight excluding hydrogens is 598 g/mol. The third-order valence-corrected chi connectivity index (χ3v) is 8.57. The lowest BCUT2D eigenvalue weighted by molar-refractivity contribution is -0.136. The van der Waals surface area contributed by atoms with Crippen LogP contribution in [0.15, 0.2) is 39.7 Å². The number of anilines is 1. The quantitative estimate of drug-likeness (QED) is 0.390. The molecule has 11 heteroatoms. The Morgan fingerprint density at radius 2 is 1.80 bits per heavy atom. The number of amides is 4. The molecule has 2 aliphatic rings. The number of carbonyl (C=O) groups excluding carboxylic acids is 4. The maximum atomic E-state index is 12.9. The van der Waals surface area contributed by atoms with Gasteiger partial charge in [-0.3, -0.25) is 24.1 Å². The highest BCUT2D eigenvalue weighted by atomic mass is 79.9. The van der Waals surface area contributed by atoms with Gasteiger partial charge in [0.2, 0.25) is 5.91 Å². The first-order valence-corrected chi connectivity index (χ1v) is 14.6. The highest BCUT2D eigenvalue weighted by molar-refractivity contribution is 9.10. The molecule has 0 atom stereocenters. The van der Waals surface area contributed by atoms with Gasteiger partial charge in [-0.1, -0.05) is 13.0 Å². The van der Waals surface area contributed by atoms with Crippen molar-refractivity contribution in [2.24, 2.45) is 5.92 Å². The number of nitrogens with one attached hydrogen (secondary N) is 1. The van der Waals surface area contributed by atoms with Gasteiger partial charge in [0.15, 0.2) is 18.1 Å². The lowest BCUT2D eigenvalue weighted by Crippen LogP contribution is -2.45. The first-order valence-electron chi connectivity index (χ1n) is 13.0. The van der Waals surface area contributed by atoms with Crippen molar-refractivity contribution in [3.05, 3.63) is 56.4 Å². The Morgan fingerprint density at radius 3 is 2.50 bits per heavy atom. The number of ether oxygens (including phenoxy) is 2. The number of halogens is 1. The summed E-state index contributed by atoms with van der Waals surface area (Å²) in [7, 11) is 1.47. The minimum absolute atomic E-state index is 0.215. The number of hydrogen-bond donors (Lipinski definition) is 1.